The highest BCUT2D eigenvalue weighted by Gasteiger charge is 2.26. The van der Waals surface area contributed by atoms with Gasteiger partial charge < -0.3 is 4.74 Å². The van der Waals surface area contributed by atoms with Crippen LogP contribution in [0, 0.1) is 17.7 Å². The average Bonchev–Trinajstić information content (AvgIpc) is 2.61. The van der Waals surface area contributed by atoms with Crippen molar-refractivity contribution in [2.45, 2.75) is 38.5 Å². The van der Waals surface area contributed by atoms with Crippen LogP contribution in [-0.2, 0) is 14.8 Å². The van der Waals surface area contributed by atoms with E-state index in [2.05, 4.69) is 19.1 Å². The van der Waals surface area contributed by atoms with Gasteiger partial charge in [0.15, 0.2) is 0 Å². The lowest BCUT2D eigenvalue weighted by Crippen LogP contribution is -2.30. The molecule has 0 aromatic heterocycles. The fourth-order valence-corrected chi connectivity index (χ4v) is 4.52. The molecule has 0 amide bonds. The Morgan fingerprint density at radius 3 is 2.50 bits per heavy atom. The summed E-state index contributed by atoms with van der Waals surface area (Å²) < 4.78 is 45.8. The maximum atomic E-state index is 14.1. The number of hydrogen-bond acceptors (Lipinski definition) is 4. The Balaban J connectivity index is 2.18. The first-order valence-electron chi connectivity index (χ1n) is 8.93. The van der Waals surface area contributed by atoms with Gasteiger partial charge in [0.1, 0.15) is 5.82 Å². The fourth-order valence-electron chi connectivity index (χ4n) is 3.03. The second-order valence-electron chi connectivity index (χ2n) is 6.51. The van der Waals surface area contributed by atoms with Crippen LogP contribution in [-0.4, -0.2) is 38.4 Å². The van der Waals surface area contributed by atoms with E-state index in [0.29, 0.717) is 19.0 Å². The summed E-state index contributed by atoms with van der Waals surface area (Å²) in [6.07, 6.45) is 5.89. The number of sulfonamides is 1. The molecule has 0 fully saturated rings. The molecule has 1 aliphatic rings. The Morgan fingerprint density at radius 2 is 1.88 bits per heavy atom. The smallest absolute Gasteiger partial charge is 0.341 e. The molecule has 26 heavy (non-hydrogen) atoms. The summed E-state index contributed by atoms with van der Waals surface area (Å²) in [5.74, 6) is -1.05. The zero-order valence-corrected chi connectivity index (χ0v) is 16.3. The second kappa shape index (κ2) is 8.77. The van der Waals surface area contributed by atoms with E-state index < -0.39 is 21.8 Å². The van der Waals surface area contributed by atoms with Gasteiger partial charge in [-0.25, -0.2) is 17.6 Å². The molecule has 5 nitrogen and oxygen atoms in total. The monoisotopic (exact) mass is 383 g/mol. The molecule has 0 saturated carbocycles. The van der Waals surface area contributed by atoms with Gasteiger partial charge in [-0.1, -0.05) is 32.9 Å². The minimum atomic E-state index is -3.77. The van der Waals surface area contributed by atoms with Crippen molar-refractivity contribution in [1.29, 1.82) is 0 Å². The normalized spacial score (nSPS) is 20.3. The van der Waals surface area contributed by atoms with Crippen molar-refractivity contribution in [3.05, 3.63) is 41.7 Å². The lowest BCUT2D eigenvalue weighted by Gasteiger charge is -2.24. The number of benzene rings is 1. The van der Waals surface area contributed by atoms with Crippen molar-refractivity contribution in [2.75, 3.05) is 19.7 Å². The van der Waals surface area contributed by atoms with E-state index in [-0.39, 0.29) is 23.0 Å². The first kappa shape index (κ1) is 20.6. The van der Waals surface area contributed by atoms with Crippen LogP contribution in [0.25, 0.3) is 0 Å². The number of nitrogens with zero attached hydrogens (tertiary/aromatic N) is 1. The van der Waals surface area contributed by atoms with Crippen molar-refractivity contribution in [3.63, 3.8) is 0 Å². The van der Waals surface area contributed by atoms with Gasteiger partial charge in [0.05, 0.1) is 17.1 Å². The molecule has 0 heterocycles. The molecule has 0 aliphatic heterocycles. The number of esters is 1. The molecule has 0 saturated heterocycles. The molecular weight excluding hydrogens is 357 g/mol. The largest absolute Gasteiger partial charge is 0.462 e. The molecule has 0 spiro atoms. The third-order valence-corrected chi connectivity index (χ3v) is 6.89. The fraction of sp³-hybridized carbons (Fsp3) is 0.526. The van der Waals surface area contributed by atoms with Gasteiger partial charge in [0.2, 0.25) is 10.0 Å². The first-order chi connectivity index (χ1) is 12.3. The average molecular weight is 383 g/mol. The lowest BCUT2D eigenvalue weighted by molar-refractivity contribution is 0.0390. The van der Waals surface area contributed by atoms with Crippen molar-refractivity contribution in [2.24, 2.45) is 11.8 Å². The number of carbonyl (C=O) groups is 1. The molecule has 1 aromatic carbocycles. The number of ether oxygens (including phenoxy) is 1. The van der Waals surface area contributed by atoms with Gasteiger partial charge in [-0.3, -0.25) is 0 Å². The highest BCUT2D eigenvalue weighted by atomic mass is 32.2. The summed E-state index contributed by atoms with van der Waals surface area (Å²) in [4.78, 5) is 12.2. The van der Waals surface area contributed by atoms with Crippen LogP contribution in [0.2, 0.25) is 0 Å². The van der Waals surface area contributed by atoms with Crippen LogP contribution in [0.15, 0.2) is 35.2 Å². The van der Waals surface area contributed by atoms with Gasteiger partial charge in [0, 0.05) is 13.1 Å². The van der Waals surface area contributed by atoms with Crippen molar-refractivity contribution >= 4 is 16.0 Å². The van der Waals surface area contributed by atoms with Crippen molar-refractivity contribution < 1.29 is 22.3 Å². The van der Waals surface area contributed by atoms with E-state index in [1.54, 1.807) is 13.8 Å². The minimum absolute atomic E-state index is 0.108. The maximum absolute atomic E-state index is 14.1. The molecular formula is C19H26FNO4S. The first-order valence-corrected chi connectivity index (χ1v) is 10.4. The Kier molecular flexibility index (Phi) is 6.94. The highest BCUT2D eigenvalue weighted by molar-refractivity contribution is 7.89. The molecule has 1 aliphatic carbocycles. The number of rotatable bonds is 7. The van der Waals surface area contributed by atoms with Crippen LogP contribution in [0.5, 0.6) is 0 Å². The maximum Gasteiger partial charge on any atom is 0.341 e. The van der Waals surface area contributed by atoms with E-state index in [9.17, 15) is 17.6 Å². The van der Waals surface area contributed by atoms with E-state index >= 15 is 0 Å². The molecule has 0 bridgehead atoms. The van der Waals surface area contributed by atoms with Crippen molar-refractivity contribution in [3.8, 4) is 0 Å². The predicted molar refractivity (Wildman–Crippen MR) is 97.8 cm³/mol. The molecule has 144 valence electrons. The zero-order valence-electron chi connectivity index (χ0n) is 15.4. The van der Waals surface area contributed by atoms with E-state index in [1.807, 2.05) is 0 Å². The van der Waals surface area contributed by atoms with Crippen LogP contribution < -0.4 is 0 Å². The summed E-state index contributed by atoms with van der Waals surface area (Å²) >= 11 is 0. The molecule has 0 N–H and O–H groups in total. The summed E-state index contributed by atoms with van der Waals surface area (Å²) in [5.41, 5.74) is -0.350. The van der Waals surface area contributed by atoms with Crippen LogP contribution in [0.3, 0.4) is 0 Å². The molecule has 0 radical (unpaired) electrons. The lowest BCUT2D eigenvalue weighted by atomic mass is 9.85. The Hall–Kier alpha value is -1.73. The SMILES string of the molecule is CCN(CC)S(=O)(=O)c1ccc(F)c(C(=O)OCC2CC=CCC2C)c1. The molecule has 2 rings (SSSR count). The zero-order chi connectivity index (χ0) is 19.3. The van der Waals surface area contributed by atoms with Gasteiger partial charge >= 0.3 is 5.97 Å². The number of carbonyl (C=O) groups excluding carboxylic acids is 1. The quantitative estimate of drug-likeness (QED) is 0.533. The summed E-state index contributed by atoms with van der Waals surface area (Å²) in [6.45, 7) is 6.31. The summed E-state index contributed by atoms with van der Waals surface area (Å²) in [5, 5.41) is 0. The number of hydrogen-bond donors (Lipinski definition) is 0. The second-order valence-corrected chi connectivity index (χ2v) is 8.45. The predicted octanol–water partition coefficient (Wildman–Crippen LogP) is 3.62. The van der Waals surface area contributed by atoms with Gasteiger partial charge in [-0.2, -0.15) is 4.31 Å². The Labute approximate surface area is 154 Å². The summed E-state index contributed by atoms with van der Waals surface area (Å²) in [7, 11) is -3.77. The van der Waals surface area contributed by atoms with E-state index in [1.165, 1.54) is 10.4 Å². The van der Waals surface area contributed by atoms with Crippen LogP contribution >= 0.6 is 0 Å². The van der Waals surface area contributed by atoms with Gasteiger partial charge in [0.25, 0.3) is 0 Å². The van der Waals surface area contributed by atoms with Gasteiger partial charge in [-0.05, 0) is 42.9 Å². The van der Waals surface area contributed by atoms with E-state index in [0.717, 1.165) is 25.0 Å². The van der Waals surface area contributed by atoms with Crippen LogP contribution in [0.1, 0.15) is 44.0 Å². The van der Waals surface area contributed by atoms with Crippen LogP contribution in [0.4, 0.5) is 4.39 Å². The molecule has 1 aromatic rings. The minimum Gasteiger partial charge on any atom is -0.462 e. The van der Waals surface area contributed by atoms with Crippen molar-refractivity contribution in [1.82, 2.24) is 4.31 Å². The third kappa shape index (κ3) is 4.51. The van der Waals surface area contributed by atoms with E-state index in [4.69, 9.17) is 4.74 Å². The molecule has 2 atom stereocenters. The molecule has 7 heteroatoms. The molecule has 2 unspecified atom stereocenters. The Bertz CT molecular complexity index is 772. The Morgan fingerprint density at radius 1 is 1.23 bits per heavy atom. The highest BCUT2D eigenvalue weighted by Crippen LogP contribution is 2.26. The third-order valence-electron chi connectivity index (χ3n) is 4.85. The summed E-state index contributed by atoms with van der Waals surface area (Å²) in [6, 6.07) is 3.24. The standard InChI is InChI=1S/C19H26FNO4S/c1-4-21(5-2)26(23,24)16-10-11-18(20)17(12-16)19(22)25-13-15-9-7-6-8-14(15)3/h6-7,10-12,14-15H,4-5,8-9,13H2,1-3H3. The number of halogens is 1. The topological polar surface area (TPSA) is 63.7 Å². The van der Waals surface area contributed by atoms with Gasteiger partial charge in [-0.15, -0.1) is 0 Å². The number of allylic oxidation sites excluding steroid dienone is 2.